The fourth-order valence-electron chi connectivity index (χ4n) is 2.26. The Bertz CT molecular complexity index is 563. The largest absolute Gasteiger partial charge is 0.319 e. The zero-order valence-electron chi connectivity index (χ0n) is 10.6. The van der Waals surface area contributed by atoms with Crippen LogP contribution in [0.5, 0.6) is 0 Å². The molecule has 1 aromatic rings. The number of sulfonamides is 1. The van der Waals surface area contributed by atoms with E-state index in [0.717, 1.165) is 31.2 Å². The minimum Gasteiger partial charge on any atom is -0.319 e. The van der Waals surface area contributed by atoms with E-state index in [-0.39, 0.29) is 10.8 Å². The van der Waals surface area contributed by atoms with Crippen LogP contribution in [0.25, 0.3) is 0 Å². The second-order valence-electron chi connectivity index (χ2n) is 4.65. The van der Waals surface area contributed by atoms with E-state index in [9.17, 15) is 17.2 Å². The van der Waals surface area contributed by atoms with Gasteiger partial charge in [-0.25, -0.2) is 17.2 Å². The summed E-state index contributed by atoms with van der Waals surface area (Å²) in [7, 11) is -1.92. The van der Waals surface area contributed by atoms with Crippen molar-refractivity contribution in [2.75, 3.05) is 26.7 Å². The molecule has 7 heteroatoms. The molecule has 19 heavy (non-hydrogen) atoms. The van der Waals surface area contributed by atoms with Crippen LogP contribution in [0.4, 0.5) is 8.78 Å². The topological polar surface area (TPSA) is 49.4 Å². The van der Waals surface area contributed by atoms with E-state index in [2.05, 4.69) is 5.32 Å². The number of halogens is 2. The third kappa shape index (κ3) is 2.93. The van der Waals surface area contributed by atoms with Crippen LogP contribution in [0.3, 0.4) is 0 Å². The van der Waals surface area contributed by atoms with Gasteiger partial charge in [-0.1, -0.05) is 0 Å². The first kappa shape index (κ1) is 14.4. The molecule has 0 amide bonds. The molecule has 1 fully saturated rings. The summed E-state index contributed by atoms with van der Waals surface area (Å²) in [6, 6.07) is 2.67. The molecule has 1 aliphatic rings. The van der Waals surface area contributed by atoms with Gasteiger partial charge in [0.25, 0.3) is 0 Å². The van der Waals surface area contributed by atoms with Crippen LogP contribution in [0.2, 0.25) is 0 Å². The molecule has 0 radical (unpaired) electrons. The Morgan fingerprint density at radius 3 is 2.74 bits per heavy atom. The van der Waals surface area contributed by atoms with Gasteiger partial charge >= 0.3 is 0 Å². The molecule has 1 atom stereocenters. The molecule has 0 bridgehead atoms. The molecule has 0 saturated carbocycles. The Morgan fingerprint density at radius 1 is 1.37 bits per heavy atom. The number of hydrogen-bond donors (Lipinski definition) is 1. The summed E-state index contributed by atoms with van der Waals surface area (Å²) in [5, 5.41) is 3.01. The summed E-state index contributed by atoms with van der Waals surface area (Å²) in [6.07, 6.45) is 0.768. The summed E-state index contributed by atoms with van der Waals surface area (Å²) >= 11 is 0. The van der Waals surface area contributed by atoms with Gasteiger partial charge in [-0.3, -0.25) is 0 Å². The van der Waals surface area contributed by atoms with E-state index < -0.39 is 21.7 Å². The van der Waals surface area contributed by atoms with Crippen LogP contribution >= 0.6 is 0 Å². The molecule has 0 aliphatic carbocycles. The molecule has 4 nitrogen and oxygen atoms in total. The van der Waals surface area contributed by atoms with Crippen molar-refractivity contribution in [1.29, 1.82) is 0 Å². The van der Waals surface area contributed by atoms with E-state index in [1.807, 2.05) is 7.05 Å². The molecule has 2 rings (SSSR count). The fraction of sp³-hybridized carbons (Fsp3) is 0.500. The molecule has 1 heterocycles. The molecular formula is C12H16F2N2O2S. The van der Waals surface area contributed by atoms with Gasteiger partial charge < -0.3 is 5.32 Å². The van der Waals surface area contributed by atoms with E-state index >= 15 is 0 Å². The first-order valence-corrected chi connectivity index (χ1v) is 7.49. The Labute approximate surface area is 111 Å². The average Bonchev–Trinajstić information content (AvgIpc) is 2.82. The second kappa shape index (κ2) is 5.52. The monoisotopic (exact) mass is 290 g/mol. The number of hydrogen-bond acceptors (Lipinski definition) is 3. The number of rotatable bonds is 4. The van der Waals surface area contributed by atoms with Crippen molar-refractivity contribution in [3.05, 3.63) is 29.8 Å². The van der Waals surface area contributed by atoms with Crippen LogP contribution in [0.15, 0.2) is 23.1 Å². The van der Waals surface area contributed by atoms with Crippen molar-refractivity contribution >= 4 is 10.0 Å². The van der Waals surface area contributed by atoms with Crippen molar-refractivity contribution in [1.82, 2.24) is 9.62 Å². The van der Waals surface area contributed by atoms with Gasteiger partial charge in [0, 0.05) is 13.1 Å². The maximum absolute atomic E-state index is 13.1. The highest BCUT2D eigenvalue weighted by atomic mass is 32.2. The van der Waals surface area contributed by atoms with Gasteiger partial charge in [-0.05, 0) is 44.1 Å². The van der Waals surface area contributed by atoms with Gasteiger partial charge in [0.05, 0.1) is 4.90 Å². The number of nitrogens with one attached hydrogen (secondary N) is 1. The lowest BCUT2D eigenvalue weighted by Crippen LogP contribution is -2.30. The Kier molecular flexibility index (Phi) is 4.17. The normalized spacial score (nSPS) is 20.9. The zero-order chi connectivity index (χ0) is 14.0. The highest BCUT2D eigenvalue weighted by Crippen LogP contribution is 2.24. The Balaban J connectivity index is 2.21. The lowest BCUT2D eigenvalue weighted by molar-refractivity contribution is 0.449. The highest BCUT2D eigenvalue weighted by molar-refractivity contribution is 7.89. The van der Waals surface area contributed by atoms with Gasteiger partial charge in [0.15, 0.2) is 11.6 Å². The molecule has 106 valence electrons. The van der Waals surface area contributed by atoms with Crippen molar-refractivity contribution < 1.29 is 17.2 Å². The summed E-state index contributed by atoms with van der Waals surface area (Å²) in [5.74, 6) is -1.94. The zero-order valence-corrected chi connectivity index (χ0v) is 11.4. The number of benzene rings is 1. The van der Waals surface area contributed by atoms with Gasteiger partial charge in [0.1, 0.15) is 0 Å². The summed E-state index contributed by atoms with van der Waals surface area (Å²) in [5.41, 5.74) is 0. The highest BCUT2D eigenvalue weighted by Gasteiger charge is 2.32. The van der Waals surface area contributed by atoms with Gasteiger partial charge in [0.2, 0.25) is 10.0 Å². The third-order valence-electron chi connectivity index (χ3n) is 3.27. The predicted molar refractivity (Wildman–Crippen MR) is 67.2 cm³/mol. The van der Waals surface area contributed by atoms with Crippen LogP contribution in [0, 0.1) is 17.6 Å². The van der Waals surface area contributed by atoms with Crippen LogP contribution in [0.1, 0.15) is 6.42 Å². The number of nitrogens with zero attached hydrogens (tertiary/aromatic N) is 1. The second-order valence-corrected chi connectivity index (χ2v) is 6.59. The van der Waals surface area contributed by atoms with Crippen molar-refractivity contribution in [3.63, 3.8) is 0 Å². The molecule has 1 saturated heterocycles. The SMILES string of the molecule is CNCC1CCN(S(=O)(=O)c2ccc(F)c(F)c2)C1. The maximum atomic E-state index is 13.1. The van der Waals surface area contributed by atoms with E-state index in [0.29, 0.717) is 13.1 Å². The summed E-state index contributed by atoms with van der Waals surface area (Å²) in [4.78, 5) is -0.198. The Morgan fingerprint density at radius 2 is 2.11 bits per heavy atom. The lowest BCUT2D eigenvalue weighted by Gasteiger charge is -2.16. The minimum absolute atomic E-state index is 0.198. The van der Waals surface area contributed by atoms with Gasteiger partial charge in [-0.15, -0.1) is 0 Å². The summed E-state index contributed by atoms with van der Waals surface area (Å²) in [6.45, 7) is 1.56. The molecule has 1 aromatic carbocycles. The van der Waals surface area contributed by atoms with Crippen molar-refractivity contribution in [2.24, 2.45) is 5.92 Å². The van der Waals surface area contributed by atoms with Crippen LogP contribution in [-0.4, -0.2) is 39.4 Å². The molecule has 0 aromatic heterocycles. The third-order valence-corrected chi connectivity index (χ3v) is 5.13. The minimum atomic E-state index is -3.73. The van der Waals surface area contributed by atoms with Gasteiger partial charge in [-0.2, -0.15) is 4.31 Å². The van der Waals surface area contributed by atoms with E-state index in [1.54, 1.807) is 0 Å². The molecule has 1 N–H and O–H groups in total. The van der Waals surface area contributed by atoms with E-state index in [4.69, 9.17) is 0 Å². The average molecular weight is 290 g/mol. The van der Waals surface area contributed by atoms with E-state index in [1.165, 1.54) is 4.31 Å². The van der Waals surface area contributed by atoms with Crippen LogP contribution in [-0.2, 0) is 10.0 Å². The first-order valence-electron chi connectivity index (χ1n) is 6.05. The first-order chi connectivity index (χ1) is 8.95. The summed E-state index contributed by atoms with van der Waals surface area (Å²) < 4.78 is 51.8. The molecular weight excluding hydrogens is 274 g/mol. The quantitative estimate of drug-likeness (QED) is 0.906. The standard InChI is InChI=1S/C12H16F2N2O2S/c1-15-7-9-4-5-16(8-9)19(17,18)10-2-3-11(13)12(14)6-10/h2-3,6,9,15H,4-5,7-8H2,1H3. The van der Waals surface area contributed by atoms with Crippen molar-refractivity contribution in [2.45, 2.75) is 11.3 Å². The fourth-order valence-corrected chi connectivity index (χ4v) is 3.80. The maximum Gasteiger partial charge on any atom is 0.243 e. The Hall–Kier alpha value is -1.05. The van der Waals surface area contributed by atoms with Crippen LogP contribution < -0.4 is 5.32 Å². The van der Waals surface area contributed by atoms with Crippen molar-refractivity contribution in [3.8, 4) is 0 Å². The molecule has 0 spiro atoms. The lowest BCUT2D eigenvalue weighted by atomic mass is 10.1. The molecule has 1 unspecified atom stereocenters. The predicted octanol–water partition coefficient (Wildman–Crippen LogP) is 1.19. The molecule has 1 aliphatic heterocycles. The smallest absolute Gasteiger partial charge is 0.243 e.